The van der Waals surface area contributed by atoms with Crippen LogP contribution in [0.4, 0.5) is 14.5 Å². The summed E-state index contributed by atoms with van der Waals surface area (Å²) in [6, 6.07) is 8.53. The van der Waals surface area contributed by atoms with Gasteiger partial charge in [0, 0.05) is 30.4 Å². The van der Waals surface area contributed by atoms with Crippen molar-refractivity contribution in [2.45, 2.75) is 13.5 Å². The molecule has 1 amide bonds. The minimum Gasteiger partial charge on any atom is -0.381 e. The highest BCUT2D eigenvalue weighted by molar-refractivity contribution is 5.95. The third-order valence-corrected chi connectivity index (χ3v) is 3.20. The molecule has 0 unspecified atom stereocenters. The lowest BCUT2D eigenvalue weighted by Crippen LogP contribution is -2.18. The molecule has 110 valence electrons. The highest BCUT2D eigenvalue weighted by Gasteiger charge is 2.08. The third-order valence-electron chi connectivity index (χ3n) is 3.20. The van der Waals surface area contributed by atoms with Crippen LogP contribution >= 0.6 is 0 Å². The predicted octanol–water partition coefficient (Wildman–Crippen LogP) is 3.24. The van der Waals surface area contributed by atoms with Gasteiger partial charge in [-0.25, -0.2) is 8.78 Å². The molecule has 0 saturated carbocycles. The zero-order chi connectivity index (χ0) is 15.4. The van der Waals surface area contributed by atoms with Crippen molar-refractivity contribution in [3.8, 4) is 0 Å². The molecule has 2 aromatic rings. The number of rotatable bonds is 4. The van der Waals surface area contributed by atoms with E-state index in [4.69, 9.17) is 0 Å². The van der Waals surface area contributed by atoms with E-state index >= 15 is 0 Å². The Morgan fingerprint density at radius 2 is 1.90 bits per heavy atom. The van der Waals surface area contributed by atoms with Gasteiger partial charge >= 0.3 is 0 Å². The fourth-order valence-electron chi connectivity index (χ4n) is 1.97. The van der Waals surface area contributed by atoms with Crippen molar-refractivity contribution in [1.29, 1.82) is 0 Å². The van der Waals surface area contributed by atoms with E-state index in [-0.39, 0.29) is 18.0 Å². The molecule has 0 saturated heterocycles. The number of benzene rings is 2. The van der Waals surface area contributed by atoms with Gasteiger partial charge in [0.05, 0.1) is 0 Å². The van der Waals surface area contributed by atoms with Crippen LogP contribution in [0.25, 0.3) is 0 Å². The molecule has 0 aliphatic rings. The summed E-state index contributed by atoms with van der Waals surface area (Å²) in [5, 5.41) is 5.57. The van der Waals surface area contributed by atoms with E-state index in [0.29, 0.717) is 11.3 Å². The number of hydrogen-bond donors (Lipinski definition) is 2. The van der Waals surface area contributed by atoms with Crippen molar-refractivity contribution in [3.63, 3.8) is 0 Å². The van der Waals surface area contributed by atoms with E-state index in [0.717, 1.165) is 23.8 Å². The summed E-state index contributed by atoms with van der Waals surface area (Å²) in [6.07, 6.45) is 0. The van der Waals surface area contributed by atoms with E-state index in [1.54, 1.807) is 25.2 Å². The second-order valence-electron chi connectivity index (χ2n) is 4.70. The molecule has 0 aliphatic carbocycles. The first kappa shape index (κ1) is 15.0. The molecule has 2 rings (SSSR count). The largest absolute Gasteiger partial charge is 0.381 e. The van der Waals surface area contributed by atoms with Gasteiger partial charge in [-0.05, 0) is 42.8 Å². The van der Waals surface area contributed by atoms with Gasteiger partial charge in [-0.2, -0.15) is 0 Å². The van der Waals surface area contributed by atoms with Crippen molar-refractivity contribution in [1.82, 2.24) is 5.32 Å². The number of carbonyl (C=O) groups excluding carboxylic acids is 1. The molecule has 2 aromatic carbocycles. The third kappa shape index (κ3) is 3.56. The van der Waals surface area contributed by atoms with Gasteiger partial charge in [-0.1, -0.05) is 6.07 Å². The molecule has 0 aliphatic heterocycles. The van der Waals surface area contributed by atoms with E-state index in [1.807, 2.05) is 6.92 Å². The van der Waals surface area contributed by atoms with Crippen molar-refractivity contribution in [3.05, 3.63) is 64.7 Å². The lowest BCUT2D eigenvalue weighted by atomic mass is 10.1. The Morgan fingerprint density at radius 3 is 2.62 bits per heavy atom. The first-order valence-electron chi connectivity index (χ1n) is 6.52. The van der Waals surface area contributed by atoms with Crippen LogP contribution in [0, 0.1) is 18.6 Å². The fourth-order valence-corrected chi connectivity index (χ4v) is 1.97. The number of hydrogen-bond acceptors (Lipinski definition) is 2. The standard InChI is InChI=1S/C16H16F2N2O/c1-10-3-4-11(16(21)19-2)8-15(10)20-9-12-7-13(17)5-6-14(12)18/h3-8,20H,9H2,1-2H3,(H,19,21). The van der Waals surface area contributed by atoms with Crippen LogP contribution in [0.2, 0.25) is 0 Å². The number of halogens is 2. The van der Waals surface area contributed by atoms with Crippen LogP contribution in [0.5, 0.6) is 0 Å². The molecule has 0 heterocycles. The number of nitrogens with one attached hydrogen (secondary N) is 2. The molecular weight excluding hydrogens is 274 g/mol. The Bertz CT molecular complexity index is 671. The Kier molecular flexibility index (Phi) is 4.52. The molecule has 21 heavy (non-hydrogen) atoms. The molecule has 0 atom stereocenters. The number of amides is 1. The van der Waals surface area contributed by atoms with E-state index in [9.17, 15) is 13.6 Å². The SMILES string of the molecule is CNC(=O)c1ccc(C)c(NCc2cc(F)ccc2F)c1. The molecular formula is C16H16F2N2O. The van der Waals surface area contributed by atoms with Gasteiger partial charge in [0.2, 0.25) is 0 Å². The van der Waals surface area contributed by atoms with Crippen molar-refractivity contribution >= 4 is 11.6 Å². The molecule has 0 bridgehead atoms. The van der Waals surface area contributed by atoms with Crippen molar-refractivity contribution < 1.29 is 13.6 Å². The van der Waals surface area contributed by atoms with E-state index in [1.165, 1.54) is 0 Å². The molecule has 3 nitrogen and oxygen atoms in total. The number of carbonyl (C=O) groups is 1. The average molecular weight is 290 g/mol. The van der Waals surface area contributed by atoms with Gasteiger partial charge in [0.25, 0.3) is 5.91 Å². The maximum absolute atomic E-state index is 13.6. The quantitative estimate of drug-likeness (QED) is 0.907. The predicted molar refractivity (Wildman–Crippen MR) is 78.3 cm³/mol. The lowest BCUT2D eigenvalue weighted by Gasteiger charge is -2.12. The van der Waals surface area contributed by atoms with Crippen LogP contribution in [0.3, 0.4) is 0 Å². The van der Waals surface area contributed by atoms with Crippen LogP contribution in [-0.4, -0.2) is 13.0 Å². The second kappa shape index (κ2) is 6.35. The lowest BCUT2D eigenvalue weighted by molar-refractivity contribution is 0.0963. The minimum absolute atomic E-state index is 0.141. The highest BCUT2D eigenvalue weighted by atomic mass is 19.1. The maximum Gasteiger partial charge on any atom is 0.251 e. The summed E-state index contributed by atoms with van der Waals surface area (Å²) < 4.78 is 26.7. The Morgan fingerprint density at radius 1 is 1.14 bits per heavy atom. The fraction of sp³-hybridized carbons (Fsp3) is 0.188. The highest BCUT2D eigenvalue weighted by Crippen LogP contribution is 2.19. The van der Waals surface area contributed by atoms with Crippen molar-refractivity contribution in [2.75, 3.05) is 12.4 Å². The molecule has 5 heteroatoms. The van der Waals surface area contributed by atoms with Crippen LogP contribution in [0.1, 0.15) is 21.5 Å². The molecule has 2 N–H and O–H groups in total. The van der Waals surface area contributed by atoms with Gasteiger partial charge in [0.1, 0.15) is 11.6 Å². The van der Waals surface area contributed by atoms with Crippen LogP contribution in [0.15, 0.2) is 36.4 Å². The average Bonchev–Trinajstić information content (AvgIpc) is 2.48. The zero-order valence-corrected chi connectivity index (χ0v) is 11.8. The van der Waals surface area contributed by atoms with Gasteiger partial charge in [0.15, 0.2) is 0 Å². The smallest absolute Gasteiger partial charge is 0.251 e. The summed E-state index contributed by atoms with van der Waals surface area (Å²) in [4.78, 5) is 11.6. The van der Waals surface area contributed by atoms with Crippen LogP contribution in [-0.2, 0) is 6.54 Å². The second-order valence-corrected chi connectivity index (χ2v) is 4.70. The summed E-state index contributed by atoms with van der Waals surface area (Å²) in [5.74, 6) is -1.15. The summed E-state index contributed by atoms with van der Waals surface area (Å²) in [5.41, 5.74) is 2.37. The Hall–Kier alpha value is -2.43. The maximum atomic E-state index is 13.6. The molecule has 0 fully saturated rings. The summed E-state index contributed by atoms with van der Waals surface area (Å²) in [7, 11) is 1.55. The van der Waals surface area contributed by atoms with E-state index < -0.39 is 11.6 Å². The minimum atomic E-state index is -0.482. The number of aryl methyl sites for hydroxylation is 1. The monoisotopic (exact) mass is 290 g/mol. The Labute approximate surface area is 122 Å². The van der Waals surface area contributed by atoms with Crippen molar-refractivity contribution in [2.24, 2.45) is 0 Å². The Balaban J connectivity index is 2.19. The molecule has 0 spiro atoms. The first-order chi connectivity index (χ1) is 10.0. The normalized spacial score (nSPS) is 10.3. The van der Waals surface area contributed by atoms with Gasteiger partial charge in [-0.3, -0.25) is 4.79 Å². The van der Waals surface area contributed by atoms with Crippen LogP contribution < -0.4 is 10.6 Å². The summed E-state index contributed by atoms with van der Waals surface area (Å²) in [6.45, 7) is 2.01. The zero-order valence-electron chi connectivity index (χ0n) is 11.8. The molecule has 0 aromatic heterocycles. The topological polar surface area (TPSA) is 41.1 Å². The van der Waals surface area contributed by atoms with E-state index in [2.05, 4.69) is 10.6 Å². The van der Waals surface area contributed by atoms with Gasteiger partial charge in [-0.15, -0.1) is 0 Å². The number of anilines is 1. The summed E-state index contributed by atoms with van der Waals surface area (Å²) >= 11 is 0. The van der Waals surface area contributed by atoms with Gasteiger partial charge < -0.3 is 10.6 Å². The first-order valence-corrected chi connectivity index (χ1v) is 6.52. The molecule has 0 radical (unpaired) electrons.